The third-order valence-electron chi connectivity index (χ3n) is 4.40. The van der Waals surface area contributed by atoms with Crippen LogP contribution in [0.3, 0.4) is 0 Å². The summed E-state index contributed by atoms with van der Waals surface area (Å²) in [4.78, 5) is 37.4. The van der Waals surface area contributed by atoms with Crippen molar-refractivity contribution in [3.63, 3.8) is 0 Å². The van der Waals surface area contributed by atoms with Gasteiger partial charge < -0.3 is 14.8 Å². The minimum absolute atomic E-state index is 0.250. The highest BCUT2D eigenvalue weighted by molar-refractivity contribution is 6.35. The van der Waals surface area contributed by atoms with Crippen LogP contribution >= 0.6 is 34.8 Å². The number of ether oxygens (including phenoxy) is 2. The van der Waals surface area contributed by atoms with E-state index in [1.165, 1.54) is 12.1 Å². The van der Waals surface area contributed by atoms with E-state index in [1.807, 2.05) is 0 Å². The standard InChI is InChI=1S/C24H18Cl3NO5/c25-17-8-6-16(7-9-17)24(23(31)15-4-2-1-3-5-15)33-22(30)13-28-21(29)14-32-20-11-10-18(26)12-19(20)27/h1-12,24H,13-14H2,(H,28,29)/t24-/m1/s1. The van der Waals surface area contributed by atoms with Crippen molar-refractivity contribution in [3.05, 3.63) is 99.0 Å². The summed E-state index contributed by atoms with van der Waals surface area (Å²) in [5.41, 5.74) is 0.830. The molecule has 1 N–H and O–H groups in total. The first-order valence-corrected chi connectivity index (χ1v) is 10.9. The van der Waals surface area contributed by atoms with Crippen LogP contribution in [-0.2, 0) is 14.3 Å². The van der Waals surface area contributed by atoms with Crippen molar-refractivity contribution in [2.24, 2.45) is 0 Å². The van der Waals surface area contributed by atoms with E-state index in [1.54, 1.807) is 60.7 Å². The number of benzene rings is 3. The Morgan fingerprint density at radius 2 is 1.52 bits per heavy atom. The maximum absolute atomic E-state index is 13.0. The summed E-state index contributed by atoms with van der Waals surface area (Å²) in [6.45, 7) is -0.832. The summed E-state index contributed by atoms with van der Waals surface area (Å²) < 4.78 is 10.7. The van der Waals surface area contributed by atoms with Gasteiger partial charge in [-0.05, 0) is 30.3 Å². The molecule has 0 spiro atoms. The first-order valence-electron chi connectivity index (χ1n) is 9.72. The second kappa shape index (κ2) is 11.7. The third kappa shape index (κ3) is 7.22. The zero-order valence-corrected chi connectivity index (χ0v) is 19.4. The third-order valence-corrected chi connectivity index (χ3v) is 5.18. The molecule has 3 aromatic carbocycles. The number of carbonyl (C=O) groups excluding carboxylic acids is 3. The largest absolute Gasteiger partial charge is 0.482 e. The number of hydrogen-bond acceptors (Lipinski definition) is 5. The zero-order valence-electron chi connectivity index (χ0n) is 17.1. The van der Waals surface area contributed by atoms with Gasteiger partial charge in [0, 0.05) is 21.2 Å². The Balaban J connectivity index is 1.60. The Morgan fingerprint density at radius 1 is 0.848 bits per heavy atom. The predicted molar refractivity (Wildman–Crippen MR) is 126 cm³/mol. The number of hydrogen-bond donors (Lipinski definition) is 1. The van der Waals surface area contributed by atoms with Crippen molar-refractivity contribution >= 4 is 52.5 Å². The van der Waals surface area contributed by atoms with Gasteiger partial charge in [0.1, 0.15) is 12.3 Å². The van der Waals surface area contributed by atoms with Crippen LogP contribution in [0.5, 0.6) is 5.75 Å². The predicted octanol–water partition coefficient (Wildman–Crippen LogP) is 5.31. The fourth-order valence-electron chi connectivity index (χ4n) is 2.79. The highest BCUT2D eigenvalue weighted by atomic mass is 35.5. The Bertz CT molecular complexity index is 1140. The van der Waals surface area contributed by atoms with Gasteiger partial charge in [-0.25, -0.2) is 0 Å². The zero-order chi connectivity index (χ0) is 23.8. The molecule has 0 unspecified atom stereocenters. The van der Waals surface area contributed by atoms with Gasteiger partial charge >= 0.3 is 5.97 Å². The number of Topliss-reactive ketones (excluding diaryl/α,β-unsaturated/α-hetero) is 1. The van der Waals surface area contributed by atoms with E-state index < -0.39 is 30.3 Å². The molecule has 9 heteroatoms. The molecule has 0 aliphatic carbocycles. The monoisotopic (exact) mass is 505 g/mol. The lowest BCUT2D eigenvalue weighted by Gasteiger charge is -2.18. The van der Waals surface area contributed by atoms with Gasteiger partial charge in [-0.2, -0.15) is 0 Å². The molecule has 0 bridgehead atoms. The molecule has 0 aliphatic heterocycles. The highest BCUT2D eigenvalue weighted by Gasteiger charge is 2.26. The van der Waals surface area contributed by atoms with Crippen LogP contribution in [0.15, 0.2) is 72.8 Å². The molecule has 0 aliphatic rings. The molecule has 33 heavy (non-hydrogen) atoms. The second-order valence-electron chi connectivity index (χ2n) is 6.79. The van der Waals surface area contributed by atoms with Gasteiger partial charge in [-0.1, -0.05) is 77.3 Å². The normalized spacial score (nSPS) is 11.4. The number of ketones is 1. The Kier molecular flexibility index (Phi) is 8.72. The first-order chi connectivity index (χ1) is 15.8. The van der Waals surface area contributed by atoms with E-state index >= 15 is 0 Å². The molecule has 1 amide bonds. The molecule has 0 heterocycles. The van der Waals surface area contributed by atoms with Crippen LogP contribution in [0.1, 0.15) is 22.0 Å². The van der Waals surface area contributed by atoms with E-state index in [4.69, 9.17) is 44.3 Å². The molecule has 0 saturated heterocycles. The van der Waals surface area contributed by atoms with Crippen molar-refractivity contribution in [2.75, 3.05) is 13.2 Å². The van der Waals surface area contributed by atoms with Gasteiger partial charge in [-0.15, -0.1) is 0 Å². The van der Waals surface area contributed by atoms with Crippen LogP contribution in [-0.4, -0.2) is 30.8 Å². The summed E-state index contributed by atoms with van der Waals surface area (Å²) in [5.74, 6) is -1.50. The molecule has 170 valence electrons. The molecular weight excluding hydrogens is 489 g/mol. The number of rotatable bonds is 9. The fourth-order valence-corrected chi connectivity index (χ4v) is 3.38. The van der Waals surface area contributed by atoms with Crippen molar-refractivity contribution in [3.8, 4) is 5.75 Å². The lowest BCUT2D eigenvalue weighted by atomic mass is 10.00. The molecule has 0 saturated carbocycles. The summed E-state index contributed by atoms with van der Waals surface area (Å²) in [5, 5.41) is 3.54. The minimum atomic E-state index is -1.20. The molecule has 0 aromatic heterocycles. The molecular formula is C24H18Cl3NO5. The molecule has 0 radical (unpaired) electrons. The van der Waals surface area contributed by atoms with Crippen molar-refractivity contribution in [2.45, 2.75) is 6.10 Å². The van der Waals surface area contributed by atoms with Crippen LogP contribution < -0.4 is 10.1 Å². The lowest BCUT2D eigenvalue weighted by molar-refractivity contribution is -0.147. The molecule has 3 aromatic rings. The smallest absolute Gasteiger partial charge is 0.326 e. The quantitative estimate of drug-likeness (QED) is 0.314. The fraction of sp³-hybridized carbons (Fsp3) is 0.125. The van der Waals surface area contributed by atoms with E-state index in [0.717, 1.165) is 0 Å². The van der Waals surface area contributed by atoms with Crippen LogP contribution in [0.2, 0.25) is 15.1 Å². The van der Waals surface area contributed by atoms with E-state index in [9.17, 15) is 14.4 Å². The second-order valence-corrected chi connectivity index (χ2v) is 8.07. The van der Waals surface area contributed by atoms with Crippen LogP contribution in [0, 0.1) is 0 Å². The maximum Gasteiger partial charge on any atom is 0.326 e. The molecule has 0 fully saturated rings. The Morgan fingerprint density at radius 3 is 2.18 bits per heavy atom. The van der Waals surface area contributed by atoms with Gasteiger partial charge in [-0.3, -0.25) is 14.4 Å². The summed E-state index contributed by atoms with van der Waals surface area (Å²) in [6, 6.07) is 19.4. The number of amides is 1. The van der Waals surface area contributed by atoms with Crippen molar-refractivity contribution < 1.29 is 23.9 Å². The maximum atomic E-state index is 13.0. The minimum Gasteiger partial charge on any atom is -0.482 e. The van der Waals surface area contributed by atoms with Gasteiger partial charge in [0.25, 0.3) is 5.91 Å². The first kappa shape index (κ1) is 24.6. The van der Waals surface area contributed by atoms with E-state index in [2.05, 4.69) is 5.32 Å². The van der Waals surface area contributed by atoms with Crippen LogP contribution in [0.4, 0.5) is 0 Å². The number of esters is 1. The van der Waals surface area contributed by atoms with Crippen LogP contribution in [0.25, 0.3) is 0 Å². The van der Waals surface area contributed by atoms with Crippen molar-refractivity contribution in [1.82, 2.24) is 5.32 Å². The Labute approximate surface area is 205 Å². The van der Waals surface area contributed by atoms with E-state index in [0.29, 0.717) is 21.2 Å². The molecule has 6 nitrogen and oxygen atoms in total. The number of halogens is 3. The lowest BCUT2D eigenvalue weighted by Crippen LogP contribution is -2.35. The van der Waals surface area contributed by atoms with Gasteiger partial charge in [0.2, 0.25) is 5.78 Å². The summed E-state index contributed by atoms with van der Waals surface area (Å²) in [6.07, 6.45) is -1.20. The number of carbonyl (C=O) groups is 3. The molecule has 1 atom stereocenters. The summed E-state index contributed by atoms with van der Waals surface area (Å²) >= 11 is 17.7. The van der Waals surface area contributed by atoms with Gasteiger partial charge in [0.05, 0.1) is 5.02 Å². The van der Waals surface area contributed by atoms with Crippen molar-refractivity contribution in [1.29, 1.82) is 0 Å². The number of nitrogens with one attached hydrogen (secondary N) is 1. The molecule has 3 rings (SSSR count). The average molecular weight is 507 g/mol. The SMILES string of the molecule is O=C(COc1ccc(Cl)cc1Cl)NCC(=O)O[C@@H](C(=O)c1ccccc1)c1ccc(Cl)cc1. The summed E-state index contributed by atoms with van der Waals surface area (Å²) in [7, 11) is 0. The highest BCUT2D eigenvalue weighted by Crippen LogP contribution is 2.27. The average Bonchev–Trinajstić information content (AvgIpc) is 2.81. The van der Waals surface area contributed by atoms with Gasteiger partial charge in [0.15, 0.2) is 12.7 Å². The Hall–Kier alpha value is -3.06. The van der Waals surface area contributed by atoms with E-state index in [-0.39, 0.29) is 17.4 Å². The topological polar surface area (TPSA) is 81.7 Å².